The van der Waals surface area contributed by atoms with Gasteiger partial charge in [0, 0.05) is 30.6 Å². The summed E-state index contributed by atoms with van der Waals surface area (Å²) in [6.07, 6.45) is 7.30. The topological polar surface area (TPSA) is 79.5 Å². The van der Waals surface area contributed by atoms with E-state index in [9.17, 15) is 9.59 Å². The van der Waals surface area contributed by atoms with E-state index in [0.717, 1.165) is 48.3 Å². The molecule has 2 aromatic heterocycles. The summed E-state index contributed by atoms with van der Waals surface area (Å²) in [6, 6.07) is 3.90. The summed E-state index contributed by atoms with van der Waals surface area (Å²) < 4.78 is 0. The van der Waals surface area contributed by atoms with Crippen LogP contribution < -0.4 is 5.73 Å². The third-order valence-corrected chi connectivity index (χ3v) is 6.86. The fourth-order valence-corrected chi connectivity index (χ4v) is 5.47. The Morgan fingerprint density at radius 3 is 2.78 bits per heavy atom. The molecular weight excluding hydrogens is 360 g/mol. The summed E-state index contributed by atoms with van der Waals surface area (Å²) in [7, 11) is 0. The van der Waals surface area contributed by atoms with Gasteiger partial charge in [0.2, 0.25) is 5.91 Å². The van der Waals surface area contributed by atoms with E-state index in [1.165, 1.54) is 30.6 Å². The van der Waals surface area contributed by atoms with Crippen LogP contribution in [0.25, 0.3) is 10.2 Å². The zero-order valence-corrected chi connectivity index (χ0v) is 16.3. The Morgan fingerprint density at radius 1 is 1.19 bits per heavy atom. The molecule has 1 atom stereocenters. The lowest BCUT2D eigenvalue weighted by molar-refractivity contribution is -0.133. The lowest BCUT2D eigenvalue weighted by Crippen LogP contribution is -2.45. The van der Waals surface area contributed by atoms with E-state index in [2.05, 4.69) is 9.88 Å². The van der Waals surface area contributed by atoms with Gasteiger partial charge in [-0.3, -0.25) is 14.5 Å². The predicted molar refractivity (Wildman–Crippen MR) is 107 cm³/mol. The maximum Gasteiger partial charge on any atom is 0.259 e. The van der Waals surface area contributed by atoms with Gasteiger partial charge < -0.3 is 10.6 Å². The minimum atomic E-state index is -0.398. The molecule has 4 heterocycles. The van der Waals surface area contributed by atoms with Crippen molar-refractivity contribution in [1.29, 1.82) is 0 Å². The maximum atomic E-state index is 12.8. The van der Waals surface area contributed by atoms with Gasteiger partial charge in [0.1, 0.15) is 4.83 Å². The van der Waals surface area contributed by atoms with Gasteiger partial charge in [-0.05, 0) is 50.4 Å². The van der Waals surface area contributed by atoms with Gasteiger partial charge in [0.05, 0.1) is 11.4 Å². The van der Waals surface area contributed by atoms with Gasteiger partial charge in [-0.15, -0.1) is 11.3 Å². The summed E-state index contributed by atoms with van der Waals surface area (Å²) in [4.78, 5) is 35.0. The van der Waals surface area contributed by atoms with Crippen molar-refractivity contribution in [1.82, 2.24) is 14.8 Å². The van der Waals surface area contributed by atoms with Crippen molar-refractivity contribution >= 4 is 33.4 Å². The maximum absolute atomic E-state index is 12.8. The second kappa shape index (κ2) is 7.94. The third kappa shape index (κ3) is 3.84. The molecule has 2 aliphatic rings. The molecule has 0 aromatic carbocycles. The van der Waals surface area contributed by atoms with E-state index in [0.29, 0.717) is 18.0 Å². The first-order valence-corrected chi connectivity index (χ1v) is 10.6. The Hall–Kier alpha value is -1.99. The summed E-state index contributed by atoms with van der Waals surface area (Å²) in [5.74, 6) is -0.0471. The van der Waals surface area contributed by atoms with E-state index in [1.54, 1.807) is 6.20 Å². The molecule has 0 bridgehead atoms. The van der Waals surface area contributed by atoms with Crippen molar-refractivity contribution < 1.29 is 9.59 Å². The monoisotopic (exact) mass is 386 g/mol. The van der Waals surface area contributed by atoms with Crippen molar-refractivity contribution in [2.75, 3.05) is 32.7 Å². The van der Waals surface area contributed by atoms with Gasteiger partial charge in [0.15, 0.2) is 0 Å². The summed E-state index contributed by atoms with van der Waals surface area (Å²) in [5, 5.41) is 1.01. The summed E-state index contributed by atoms with van der Waals surface area (Å²) in [6.45, 7) is 4.02. The molecule has 0 aliphatic carbocycles. The van der Waals surface area contributed by atoms with Gasteiger partial charge >= 0.3 is 0 Å². The number of piperidine rings is 2. The van der Waals surface area contributed by atoms with Crippen molar-refractivity contribution in [3.63, 3.8) is 0 Å². The number of rotatable bonds is 4. The fourth-order valence-electron chi connectivity index (χ4n) is 4.39. The number of likely N-dealkylation sites (tertiary alicyclic amines) is 2. The van der Waals surface area contributed by atoms with E-state index < -0.39 is 5.91 Å². The minimum Gasteiger partial charge on any atom is -0.365 e. The Balaban J connectivity index is 1.54. The average molecular weight is 387 g/mol. The first-order chi connectivity index (χ1) is 13.1. The Kier molecular flexibility index (Phi) is 5.41. The van der Waals surface area contributed by atoms with Gasteiger partial charge in [-0.2, -0.15) is 0 Å². The molecule has 0 spiro atoms. The van der Waals surface area contributed by atoms with Crippen molar-refractivity contribution in [2.24, 2.45) is 5.73 Å². The quantitative estimate of drug-likeness (QED) is 0.876. The number of nitrogens with two attached hydrogens (primary N) is 1. The van der Waals surface area contributed by atoms with Crippen LogP contribution in [0.1, 0.15) is 53.3 Å². The number of carbonyl (C=O) groups is 2. The van der Waals surface area contributed by atoms with Crippen LogP contribution in [0.4, 0.5) is 0 Å². The Labute approximate surface area is 163 Å². The predicted octanol–water partition coefficient (Wildman–Crippen LogP) is 2.59. The zero-order chi connectivity index (χ0) is 18.8. The molecular formula is C20H26N4O2S. The van der Waals surface area contributed by atoms with Crippen LogP contribution in [0.5, 0.6) is 0 Å². The summed E-state index contributed by atoms with van der Waals surface area (Å²) in [5.41, 5.74) is 6.65. The summed E-state index contributed by atoms with van der Waals surface area (Å²) >= 11 is 1.37. The normalized spacial score (nSPS) is 21.5. The lowest BCUT2D eigenvalue weighted by atomic mass is 9.88. The van der Waals surface area contributed by atoms with Crippen molar-refractivity contribution in [2.45, 2.75) is 38.0 Å². The number of nitrogens with zero attached hydrogens (tertiary/aromatic N) is 3. The highest BCUT2D eigenvalue weighted by Crippen LogP contribution is 2.38. The van der Waals surface area contributed by atoms with Crippen molar-refractivity contribution in [3.8, 4) is 0 Å². The molecule has 2 saturated heterocycles. The van der Waals surface area contributed by atoms with Crippen LogP contribution in [-0.4, -0.2) is 59.3 Å². The molecule has 2 aromatic rings. The number of hydrogen-bond donors (Lipinski definition) is 1. The molecule has 4 rings (SSSR count). The smallest absolute Gasteiger partial charge is 0.259 e. The molecule has 2 N–H and O–H groups in total. The highest BCUT2D eigenvalue weighted by Gasteiger charge is 2.30. The number of pyridine rings is 1. The average Bonchev–Trinajstić information content (AvgIpc) is 3.09. The van der Waals surface area contributed by atoms with E-state index >= 15 is 0 Å². The van der Waals surface area contributed by atoms with Gasteiger partial charge in [-0.25, -0.2) is 4.98 Å². The molecule has 2 aliphatic heterocycles. The van der Waals surface area contributed by atoms with Gasteiger partial charge in [0.25, 0.3) is 5.91 Å². The fraction of sp³-hybridized carbons (Fsp3) is 0.550. The highest BCUT2D eigenvalue weighted by atomic mass is 32.1. The molecule has 2 fully saturated rings. The van der Waals surface area contributed by atoms with Gasteiger partial charge in [-0.1, -0.05) is 12.5 Å². The zero-order valence-electron chi connectivity index (χ0n) is 15.5. The van der Waals surface area contributed by atoms with Crippen LogP contribution in [0, 0.1) is 0 Å². The number of thiophene rings is 1. The molecule has 144 valence electrons. The first kappa shape index (κ1) is 18.4. The van der Waals surface area contributed by atoms with E-state index in [1.807, 2.05) is 17.0 Å². The number of amides is 2. The second-order valence-corrected chi connectivity index (χ2v) is 8.58. The first-order valence-electron chi connectivity index (χ1n) is 9.81. The van der Waals surface area contributed by atoms with Crippen LogP contribution in [0.3, 0.4) is 0 Å². The van der Waals surface area contributed by atoms with Crippen LogP contribution in [0.15, 0.2) is 18.3 Å². The van der Waals surface area contributed by atoms with E-state index in [-0.39, 0.29) is 11.8 Å². The molecule has 7 heteroatoms. The third-order valence-electron chi connectivity index (χ3n) is 5.72. The molecule has 2 amide bonds. The number of aromatic nitrogens is 1. The number of hydrogen-bond acceptors (Lipinski definition) is 5. The molecule has 6 nitrogen and oxygen atoms in total. The SMILES string of the molecule is NC(=O)c1sc2ncccc2c1[C@H]1CCCN(C(=O)CN2CCCCC2)C1. The largest absolute Gasteiger partial charge is 0.365 e. The molecule has 0 radical (unpaired) electrons. The van der Waals surface area contributed by atoms with Crippen molar-refractivity contribution in [3.05, 3.63) is 28.8 Å². The lowest BCUT2D eigenvalue weighted by Gasteiger charge is -2.35. The van der Waals surface area contributed by atoms with Crippen LogP contribution in [-0.2, 0) is 4.79 Å². The second-order valence-electron chi connectivity index (χ2n) is 7.58. The number of fused-ring (bicyclic) bond motifs is 1. The Morgan fingerprint density at radius 2 is 2.00 bits per heavy atom. The molecule has 27 heavy (non-hydrogen) atoms. The minimum absolute atomic E-state index is 0.143. The van der Waals surface area contributed by atoms with E-state index in [4.69, 9.17) is 5.73 Å². The standard InChI is InChI=1S/C20H26N4O2S/c21-19(26)18-17(15-7-4-8-22-20(15)27-18)14-6-5-11-24(12-14)16(25)13-23-9-2-1-3-10-23/h4,7-8,14H,1-3,5-6,9-13H2,(H2,21,26)/t14-/m0/s1. The van der Waals surface area contributed by atoms with Crippen LogP contribution in [0.2, 0.25) is 0 Å². The molecule has 0 saturated carbocycles. The number of carbonyl (C=O) groups excluding carboxylic acids is 2. The highest BCUT2D eigenvalue weighted by molar-refractivity contribution is 7.20. The van der Waals surface area contributed by atoms with Crippen LogP contribution >= 0.6 is 11.3 Å². The Bertz CT molecular complexity index is 844. The number of primary amides is 1. The molecule has 0 unspecified atom stereocenters.